The molecule has 0 aliphatic rings. The molecule has 20 heavy (non-hydrogen) atoms. The minimum Gasteiger partial charge on any atom is -0.496 e. The summed E-state index contributed by atoms with van der Waals surface area (Å²) in [5.41, 5.74) is 6.88. The summed E-state index contributed by atoms with van der Waals surface area (Å²) in [6.45, 7) is 6.04. The van der Waals surface area contributed by atoms with Crippen LogP contribution in [0.2, 0.25) is 0 Å². The highest BCUT2D eigenvalue weighted by Crippen LogP contribution is 2.28. The van der Waals surface area contributed by atoms with Gasteiger partial charge in [-0.1, -0.05) is 19.9 Å². The van der Waals surface area contributed by atoms with Gasteiger partial charge in [-0.05, 0) is 52.9 Å². The maximum Gasteiger partial charge on any atom is 0.237 e. The van der Waals surface area contributed by atoms with E-state index >= 15 is 0 Å². The van der Waals surface area contributed by atoms with Crippen molar-refractivity contribution in [2.75, 3.05) is 7.11 Å². The number of carbonyl (C=O) groups excluding carboxylic acids is 1. The molecule has 0 saturated heterocycles. The van der Waals surface area contributed by atoms with Crippen molar-refractivity contribution in [3.63, 3.8) is 0 Å². The molecule has 0 aromatic heterocycles. The van der Waals surface area contributed by atoms with Crippen LogP contribution in [-0.2, 0) is 4.79 Å². The Labute approximate surface area is 129 Å². The van der Waals surface area contributed by atoms with Gasteiger partial charge in [-0.2, -0.15) is 0 Å². The van der Waals surface area contributed by atoms with Crippen LogP contribution in [0.3, 0.4) is 0 Å². The predicted octanol–water partition coefficient (Wildman–Crippen LogP) is 3.01. The van der Waals surface area contributed by atoms with Crippen LogP contribution >= 0.6 is 15.9 Å². The number of ether oxygens (including phenoxy) is 1. The van der Waals surface area contributed by atoms with Gasteiger partial charge in [-0.3, -0.25) is 4.79 Å². The van der Waals surface area contributed by atoms with Gasteiger partial charge in [0.1, 0.15) is 5.75 Å². The van der Waals surface area contributed by atoms with Gasteiger partial charge >= 0.3 is 0 Å². The lowest BCUT2D eigenvalue weighted by Crippen LogP contribution is -2.42. The van der Waals surface area contributed by atoms with Crippen LogP contribution in [-0.4, -0.2) is 19.1 Å². The fourth-order valence-electron chi connectivity index (χ4n) is 1.97. The molecule has 0 aliphatic heterocycles. The van der Waals surface area contributed by atoms with Crippen LogP contribution in [0.5, 0.6) is 5.75 Å². The molecule has 2 unspecified atom stereocenters. The third kappa shape index (κ3) is 4.80. The molecular formula is C15H23BrN2O2. The average Bonchev–Trinajstić information content (AvgIpc) is 2.37. The molecule has 0 heterocycles. The molecule has 4 nitrogen and oxygen atoms in total. The number of amides is 1. The normalized spacial score (nSPS) is 13.9. The Morgan fingerprint density at radius 1 is 1.40 bits per heavy atom. The highest BCUT2D eigenvalue weighted by atomic mass is 79.9. The van der Waals surface area contributed by atoms with Gasteiger partial charge in [0.25, 0.3) is 0 Å². The van der Waals surface area contributed by atoms with E-state index in [0.717, 1.165) is 15.8 Å². The molecule has 0 spiro atoms. The molecule has 5 heteroatoms. The van der Waals surface area contributed by atoms with Crippen molar-refractivity contribution in [2.45, 2.75) is 39.3 Å². The number of hydrogen-bond donors (Lipinski definition) is 2. The molecule has 1 amide bonds. The Bertz CT molecular complexity index is 463. The van der Waals surface area contributed by atoms with Crippen molar-refractivity contribution in [2.24, 2.45) is 11.7 Å². The minimum atomic E-state index is -0.459. The van der Waals surface area contributed by atoms with Gasteiger partial charge in [-0.15, -0.1) is 0 Å². The molecule has 1 aromatic rings. The topological polar surface area (TPSA) is 64.3 Å². The highest BCUT2D eigenvalue weighted by molar-refractivity contribution is 9.10. The minimum absolute atomic E-state index is 0.0945. The number of nitrogens with two attached hydrogens (primary N) is 1. The number of rotatable bonds is 6. The van der Waals surface area contributed by atoms with Crippen molar-refractivity contribution in [3.05, 3.63) is 28.2 Å². The molecular weight excluding hydrogens is 320 g/mol. The monoisotopic (exact) mass is 342 g/mol. The van der Waals surface area contributed by atoms with E-state index in [2.05, 4.69) is 35.1 Å². The third-order valence-electron chi connectivity index (χ3n) is 3.10. The zero-order chi connectivity index (χ0) is 15.3. The summed E-state index contributed by atoms with van der Waals surface area (Å²) in [5, 5.41) is 2.94. The van der Waals surface area contributed by atoms with E-state index in [1.807, 2.05) is 25.1 Å². The van der Waals surface area contributed by atoms with Crippen LogP contribution < -0.4 is 15.8 Å². The number of nitrogens with one attached hydrogen (secondary N) is 1. The summed E-state index contributed by atoms with van der Waals surface area (Å²) in [7, 11) is 1.62. The summed E-state index contributed by atoms with van der Waals surface area (Å²) in [6.07, 6.45) is 0.685. The molecule has 1 aromatic carbocycles. The summed E-state index contributed by atoms with van der Waals surface area (Å²) < 4.78 is 6.05. The van der Waals surface area contributed by atoms with Crippen LogP contribution in [0.4, 0.5) is 0 Å². The van der Waals surface area contributed by atoms with Crippen molar-refractivity contribution in [1.82, 2.24) is 5.32 Å². The van der Waals surface area contributed by atoms with Crippen molar-refractivity contribution >= 4 is 21.8 Å². The number of methoxy groups -OCH3 is 1. The van der Waals surface area contributed by atoms with E-state index in [1.165, 1.54) is 0 Å². The molecule has 2 atom stereocenters. The maximum atomic E-state index is 12.0. The largest absolute Gasteiger partial charge is 0.496 e. The predicted molar refractivity (Wildman–Crippen MR) is 84.7 cm³/mol. The summed E-state index contributed by atoms with van der Waals surface area (Å²) in [6, 6.07) is 5.19. The van der Waals surface area contributed by atoms with E-state index in [4.69, 9.17) is 10.5 Å². The molecule has 0 aliphatic carbocycles. The van der Waals surface area contributed by atoms with E-state index < -0.39 is 6.04 Å². The van der Waals surface area contributed by atoms with Crippen LogP contribution in [0, 0.1) is 5.92 Å². The first-order valence-electron chi connectivity index (χ1n) is 6.74. The Balaban J connectivity index is 2.68. The Morgan fingerprint density at radius 3 is 2.55 bits per heavy atom. The second-order valence-corrected chi connectivity index (χ2v) is 6.21. The SMILES string of the molecule is COc1ccc(C(C)NC(=O)C(N)CC(C)C)cc1Br. The molecule has 0 saturated carbocycles. The van der Waals surface area contributed by atoms with Crippen molar-refractivity contribution in [3.8, 4) is 5.75 Å². The standard InChI is InChI=1S/C15H23BrN2O2/c1-9(2)7-13(17)15(19)18-10(3)11-5-6-14(20-4)12(16)8-11/h5-6,8-10,13H,7,17H2,1-4H3,(H,18,19). The van der Waals surface area contributed by atoms with E-state index in [1.54, 1.807) is 7.11 Å². The smallest absolute Gasteiger partial charge is 0.237 e. The molecule has 1 rings (SSSR count). The fourth-order valence-corrected chi connectivity index (χ4v) is 2.53. The number of benzene rings is 1. The van der Waals surface area contributed by atoms with Gasteiger partial charge in [0, 0.05) is 0 Å². The van der Waals surface area contributed by atoms with Gasteiger partial charge in [-0.25, -0.2) is 0 Å². The quantitative estimate of drug-likeness (QED) is 0.835. The molecule has 112 valence electrons. The summed E-state index contributed by atoms with van der Waals surface area (Å²) >= 11 is 3.44. The number of carbonyl (C=O) groups is 1. The first-order chi connectivity index (χ1) is 9.35. The van der Waals surface area contributed by atoms with Gasteiger partial charge in [0.05, 0.1) is 23.7 Å². The zero-order valence-corrected chi connectivity index (χ0v) is 14.0. The van der Waals surface area contributed by atoms with Gasteiger partial charge in [0.2, 0.25) is 5.91 Å². The van der Waals surface area contributed by atoms with Crippen LogP contribution in [0.1, 0.15) is 38.8 Å². The summed E-state index contributed by atoms with van der Waals surface area (Å²) in [5.74, 6) is 1.06. The fraction of sp³-hybridized carbons (Fsp3) is 0.533. The molecule has 3 N–H and O–H groups in total. The zero-order valence-electron chi connectivity index (χ0n) is 12.4. The van der Waals surface area contributed by atoms with Gasteiger partial charge < -0.3 is 15.8 Å². The van der Waals surface area contributed by atoms with Crippen molar-refractivity contribution < 1.29 is 9.53 Å². The lowest BCUT2D eigenvalue weighted by Gasteiger charge is -2.19. The molecule has 0 bridgehead atoms. The second-order valence-electron chi connectivity index (χ2n) is 5.36. The van der Waals surface area contributed by atoms with Crippen LogP contribution in [0.15, 0.2) is 22.7 Å². The lowest BCUT2D eigenvalue weighted by molar-refractivity contribution is -0.123. The molecule has 0 radical (unpaired) electrons. The number of halogens is 1. The first-order valence-corrected chi connectivity index (χ1v) is 7.53. The second kappa shape index (κ2) is 7.64. The van der Waals surface area contributed by atoms with E-state index in [-0.39, 0.29) is 11.9 Å². The molecule has 0 fully saturated rings. The summed E-state index contributed by atoms with van der Waals surface area (Å²) in [4.78, 5) is 12.0. The van der Waals surface area contributed by atoms with E-state index in [9.17, 15) is 4.79 Å². The Kier molecular flexibility index (Phi) is 6.49. The number of hydrogen-bond acceptors (Lipinski definition) is 3. The lowest BCUT2D eigenvalue weighted by atomic mass is 10.0. The third-order valence-corrected chi connectivity index (χ3v) is 3.72. The Morgan fingerprint density at radius 2 is 2.05 bits per heavy atom. The first kappa shape index (κ1) is 17.0. The highest BCUT2D eigenvalue weighted by Gasteiger charge is 2.18. The van der Waals surface area contributed by atoms with Gasteiger partial charge in [0.15, 0.2) is 0 Å². The Hall–Kier alpha value is -1.07. The average molecular weight is 343 g/mol. The van der Waals surface area contributed by atoms with Crippen LogP contribution in [0.25, 0.3) is 0 Å². The van der Waals surface area contributed by atoms with E-state index in [0.29, 0.717) is 12.3 Å². The maximum absolute atomic E-state index is 12.0. The van der Waals surface area contributed by atoms with Crippen molar-refractivity contribution in [1.29, 1.82) is 0 Å².